The van der Waals surface area contributed by atoms with E-state index in [-0.39, 0.29) is 0 Å². The van der Waals surface area contributed by atoms with Crippen molar-refractivity contribution in [3.8, 4) is 0 Å². The Kier molecular flexibility index (Phi) is 5.67. The Morgan fingerprint density at radius 2 is 1.81 bits per heavy atom. The maximum atomic E-state index is 5.77. The highest BCUT2D eigenvalue weighted by Gasteiger charge is 2.40. The topological polar surface area (TPSA) is 35.8 Å². The molecule has 5 heteroatoms. The lowest BCUT2D eigenvalue weighted by Crippen LogP contribution is -2.57. The first-order valence-corrected chi connectivity index (χ1v) is 10.7. The van der Waals surface area contributed by atoms with Gasteiger partial charge in [-0.15, -0.1) is 0 Å². The summed E-state index contributed by atoms with van der Waals surface area (Å²) >= 11 is 0. The normalized spacial score (nSPS) is 27.0. The summed E-state index contributed by atoms with van der Waals surface area (Å²) in [4.78, 5) is 7.75. The summed E-state index contributed by atoms with van der Waals surface area (Å²) in [6.07, 6.45) is 10.5. The van der Waals surface area contributed by atoms with Gasteiger partial charge < -0.3 is 9.42 Å². The first-order valence-electron chi connectivity index (χ1n) is 10.7. The van der Waals surface area contributed by atoms with Crippen molar-refractivity contribution < 1.29 is 4.52 Å². The molecular weight excluding hydrogens is 324 g/mol. The lowest BCUT2D eigenvalue weighted by Gasteiger charge is -2.47. The lowest BCUT2D eigenvalue weighted by atomic mass is 9.85. The molecule has 1 aromatic rings. The van der Waals surface area contributed by atoms with E-state index < -0.39 is 0 Å². The van der Waals surface area contributed by atoms with Gasteiger partial charge in [-0.2, -0.15) is 0 Å². The maximum absolute atomic E-state index is 5.77. The molecule has 4 rings (SSSR count). The van der Waals surface area contributed by atoms with E-state index in [0.29, 0.717) is 11.5 Å². The number of piperidine rings is 1. The van der Waals surface area contributed by atoms with E-state index in [0.717, 1.165) is 18.8 Å². The molecule has 26 heavy (non-hydrogen) atoms. The van der Waals surface area contributed by atoms with Crippen molar-refractivity contribution >= 4 is 0 Å². The number of likely N-dealkylation sites (N-methyl/N-ethyl adjacent to an activating group) is 1. The highest BCUT2D eigenvalue weighted by molar-refractivity contribution is 5.12. The van der Waals surface area contributed by atoms with E-state index in [9.17, 15) is 0 Å². The van der Waals surface area contributed by atoms with Gasteiger partial charge in [-0.05, 0) is 72.4 Å². The summed E-state index contributed by atoms with van der Waals surface area (Å²) in [5.74, 6) is 1.70. The molecule has 3 aliphatic rings. The lowest BCUT2D eigenvalue weighted by molar-refractivity contribution is 0.0321. The summed E-state index contributed by atoms with van der Waals surface area (Å²) in [6, 6.07) is 2.26. The van der Waals surface area contributed by atoms with Gasteiger partial charge in [-0.25, -0.2) is 0 Å². The van der Waals surface area contributed by atoms with Crippen molar-refractivity contribution in [3.05, 3.63) is 17.5 Å². The van der Waals surface area contributed by atoms with Gasteiger partial charge in [0.15, 0.2) is 5.76 Å². The average Bonchev–Trinajstić information content (AvgIpc) is 3.07. The van der Waals surface area contributed by atoms with Crippen molar-refractivity contribution in [2.75, 3.05) is 46.8 Å². The highest BCUT2D eigenvalue weighted by Crippen LogP contribution is 2.34. The average molecular weight is 361 g/mol. The molecular formula is C21H36N4O. The van der Waals surface area contributed by atoms with Crippen LogP contribution in [0, 0.1) is 0 Å². The van der Waals surface area contributed by atoms with Crippen molar-refractivity contribution in [1.29, 1.82) is 0 Å². The van der Waals surface area contributed by atoms with Gasteiger partial charge in [-0.1, -0.05) is 24.4 Å². The summed E-state index contributed by atoms with van der Waals surface area (Å²) in [6.45, 7) is 6.89. The van der Waals surface area contributed by atoms with Crippen LogP contribution in [0.3, 0.4) is 0 Å². The molecule has 0 radical (unpaired) electrons. The van der Waals surface area contributed by atoms with Crippen LogP contribution in [0.15, 0.2) is 10.6 Å². The molecule has 1 aromatic heterocycles. The first kappa shape index (κ1) is 18.5. The smallest absolute Gasteiger partial charge is 0.150 e. The Balaban J connectivity index is 1.41. The van der Waals surface area contributed by atoms with E-state index in [2.05, 4.69) is 40.0 Å². The van der Waals surface area contributed by atoms with Crippen molar-refractivity contribution in [2.45, 2.75) is 69.4 Å². The molecule has 3 heterocycles. The molecule has 0 unspecified atom stereocenters. The fourth-order valence-corrected chi connectivity index (χ4v) is 5.31. The second-order valence-electron chi connectivity index (χ2n) is 9.07. The van der Waals surface area contributed by atoms with Crippen LogP contribution < -0.4 is 0 Å². The molecule has 1 saturated carbocycles. The molecule has 0 amide bonds. The molecule has 0 N–H and O–H groups in total. The zero-order chi connectivity index (χ0) is 18.0. The van der Waals surface area contributed by atoms with Crippen molar-refractivity contribution in [3.63, 3.8) is 0 Å². The predicted octanol–water partition coefficient (Wildman–Crippen LogP) is 3.32. The van der Waals surface area contributed by atoms with Crippen molar-refractivity contribution in [2.24, 2.45) is 0 Å². The second kappa shape index (κ2) is 7.99. The molecule has 2 aliphatic heterocycles. The summed E-state index contributed by atoms with van der Waals surface area (Å²) < 4.78 is 5.77. The Morgan fingerprint density at radius 3 is 2.58 bits per heavy atom. The number of nitrogens with zero attached hydrogens (tertiary/aromatic N) is 4. The summed E-state index contributed by atoms with van der Waals surface area (Å²) in [5, 5.41) is 4.44. The van der Waals surface area contributed by atoms with Crippen molar-refractivity contribution in [1.82, 2.24) is 19.9 Å². The van der Waals surface area contributed by atoms with E-state index >= 15 is 0 Å². The van der Waals surface area contributed by atoms with Crippen LogP contribution in [-0.4, -0.2) is 72.2 Å². The van der Waals surface area contributed by atoms with Crippen LogP contribution in [0.2, 0.25) is 0 Å². The number of aromatic nitrogens is 1. The minimum Gasteiger partial charge on any atom is -0.360 e. The third-order valence-corrected chi connectivity index (χ3v) is 7.19. The molecule has 1 spiro atoms. The summed E-state index contributed by atoms with van der Waals surface area (Å²) in [7, 11) is 4.59. The molecule has 0 aromatic carbocycles. The molecule has 0 bridgehead atoms. The standard InChI is InChI=1S/C21H36N4O/c1-23-13-9-21(10-14-23)17-25(12-6-11-24(21)2)16-19-15-20(22-26-19)18-7-4-3-5-8-18/h15,18H,3-14,16-17H2,1-2H3. The quantitative estimate of drug-likeness (QED) is 0.826. The zero-order valence-corrected chi connectivity index (χ0v) is 16.8. The van der Waals surface area contributed by atoms with Gasteiger partial charge in [0.1, 0.15) is 0 Å². The predicted molar refractivity (Wildman–Crippen MR) is 104 cm³/mol. The maximum Gasteiger partial charge on any atom is 0.150 e. The second-order valence-corrected chi connectivity index (χ2v) is 9.07. The van der Waals surface area contributed by atoms with E-state index in [1.807, 2.05) is 0 Å². The fourth-order valence-electron chi connectivity index (χ4n) is 5.31. The molecule has 2 saturated heterocycles. The van der Waals surface area contributed by atoms with Crippen LogP contribution in [-0.2, 0) is 6.54 Å². The Morgan fingerprint density at radius 1 is 1.04 bits per heavy atom. The molecule has 3 fully saturated rings. The third-order valence-electron chi connectivity index (χ3n) is 7.19. The van der Waals surface area contributed by atoms with Crippen LogP contribution >= 0.6 is 0 Å². The summed E-state index contributed by atoms with van der Waals surface area (Å²) in [5.41, 5.74) is 1.55. The van der Waals surface area contributed by atoms with Crippen LogP contribution in [0.1, 0.15) is 68.7 Å². The largest absolute Gasteiger partial charge is 0.360 e. The number of hydrogen-bond donors (Lipinski definition) is 0. The molecule has 5 nitrogen and oxygen atoms in total. The molecule has 146 valence electrons. The van der Waals surface area contributed by atoms with Gasteiger partial charge in [0.05, 0.1) is 12.2 Å². The Labute approximate surface area is 158 Å². The Bertz CT molecular complexity index is 572. The van der Waals surface area contributed by atoms with Crippen LogP contribution in [0.4, 0.5) is 0 Å². The third kappa shape index (κ3) is 4.00. The zero-order valence-electron chi connectivity index (χ0n) is 16.8. The Hall–Kier alpha value is -0.910. The fraction of sp³-hybridized carbons (Fsp3) is 0.857. The minimum absolute atomic E-state index is 0.342. The van der Waals surface area contributed by atoms with Gasteiger partial charge in [-0.3, -0.25) is 9.80 Å². The number of hydrogen-bond acceptors (Lipinski definition) is 5. The van der Waals surface area contributed by atoms with Gasteiger partial charge in [0.2, 0.25) is 0 Å². The van der Waals surface area contributed by atoms with Gasteiger partial charge in [0, 0.05) is 24.1 Å². The van der Waals surface area contributed by atoms with E-state index in [1.54, 1.807) is 0 Å². The SMILES string of the molecule is CN1CCC2(CC1)CN(Cc1cc(C3CCCCC3)no1)CCCN2C. The van der Waals surface area contributed by atoms with E-state index in [4.69, 9.17) is 4.52 Å². The minimum atomic E-state index is 0.342. The van der Waals surface area contributed by atoms with Gasteiger partial charge >= 0.3 is 0 Å². The first-order chi connectivity index (χ1) is 12.6. The van der Waals surface area contributed by atoms with Crippen LogP contribution in [0.25, 0.3) is 0 Å². The van der Waals surface area contributed by atoms with Gasteiger partial charge in [0.25, 0.3) is 0 Å². The molecule has 0 atom stereocenters. The number of rotatable bonds is 3. The highest BCUT2D eigenvalue weighted by atomic mass is 16.5. The molecule has 1 aliphatic carbocycles. The van der Waals surface area contributed by atoms with E-state index in [1.165, 1.54) is 83.2 Å². The monoisotopic (exact) mass is 360 g/mol. The number of likely N-dealkylation sites (tertiary alicyclic amines) is 1. The van der Waals surface area contributed by atoms with Crippen LogP contribution in [0.5, 0.6) is 0 Å².